The number of furan rings is 1. The standard InChI is InChI=1S/C27H20Cl2N2O2/c28-20-11-13-24(29)22(15-20)25-14-12-21(33-25)17-30-31-26(32)23-16-27(23,18-7-3-1-4-8-18)19-9-5-2-6-10-19/h1-15,17,23H,16H2,(H,31,32)/b30-17+. The third-order valence-corrected chi connectivity index (χ3v) is 6.61. The van der Waals surface area contributed by atoms with Gasteiger partial charge in [0.05, 0.1) is 17.2 Å². The fraction of sp³-hybridized carbons (Fsp3) is 0.111. The van der Waals surface area contributed by atoms with Crippen molar-refractivity contribution in [3.8, 4) is 11.3 Å². The van der Waals surface area contributed by atoms with E-state index in [0.717, 1.165) is 17.5 Å². The number of hydrogen-bond donors (Lipinski definition) is 1. The number of nitrogens with zero attached hydrogens (tertiary/aromatic N) is 1. The zero-order chi connectivity index (χ0) is 22.8. The van der Waals surface area contributed by atoms with E-state index in [1.165, 1.54) is 6.21 Å². The number of hydrogen-bond acceptors (Lipinski definition) is 3. The van der Waals surface area contributed by atoms with Crippen molar-refractivity contribution in [3.63, 3.8) is 0 Å². The Kier molecular flexibility index (Phi) is 5.79. The van der Waals surface area contributed by atoms with E-state index in [2.05, 4.69) is 34.8 Å². The first-order valence-corrected chi connectivity index (χ1v) is 11.3. The first kappa shape index (κ1) is 21.5. The van der Waals surface area contributed by atoms with Crippen LogP contribution in [0.3, 0.4) is 0 Å². The minimum absolute atomic E-state index is 0.122. The number of amides is 1. The second-order valence-electron chi connectivity index (χ2n) is 8.02. The van der Waals surface area contributed by atoms with Crippen molar-refractivity contribution < 1.29 is 9.21 Å². The summed E-state index contributed by atoms with van der Waals surface area (Å²) < 4.78 is 5.80. The van der Waals surface area contributed by atoms with Crippen LogP contribution in [0.5, 0.6) is 0 Å². The topological polar surface area (TPSA) is 54.6 Å². The van der Waals surface area contributed by atoms with E-state index in [1.807, 2.05) is 36.4 Å². The van der Waals surface area contributed by atoms with Gasteiger partial charge in [0, 0.05) is 16.0 Å². The number of nitrogens with one attached hydrogen (secondary N) is 1. The number of hydrazone groups is 1. The summed E-state index contributed by atoms with van der Waals surface area (Å²) in [6.07, 6.45) is 2.22. The van der Waals surface area contributed by atoms with E-state index in [9.17, 15) is 4.79 Å². The Labute approximate surface area is 201 Å². The lowest BCUT2D eigenvalue weighted by molar-refractivity contribution is -0.122. The fourth-order valence-corrected chi connectivity index (χ4v) is 4.73. The number of carbonyl (C=O) groups excluding carboxylic acids is 1. The monoisotopic (exact) mass is 474 g/mol. The summed E-state index contributed by atoms with van der Waals surface area (Å²) in [4.78, 5) is 13.0. The van der Waals surface area contributed by atoms with Crippen molar-refractivity contribution in [1.29, 1.82) is 0 Å². The molecule has 1 saturated carbocycles. The van der Waals surface area contributed by atoms with Crippen LogP contribution in [0.2, 0.25) is 10.0 Å². The van der Waals surface area contributed by atoms with Crippen LogP contribution in [0.1, 0.15) is 23.3 Å². The van der Waals surface area contributed by atoms with Gasteiger partial charge in [-0.1, -0.05) is 83.9 Å². The van der Waals surface area contributed by atoms with Crippen molar-refractivity contribution in [3.05, 3.63) is 118 Å². The van der Waals surface area contributed by atoms with Gasteiger partial charge in [-0.2, -0.15) is 5.10 Å². The van der Waals surface area contributed by atoms with E-state index in [1.54, 1.807) is 30.3 Å². The minimum Gasteiger partial charge on any atom is -0.455 e. The molecule has 1 fully saturated rings. The number of benzene rings is 3. The molecule has 4 aromatic rings. The van der Waals surface area contributed by atoms with Gasteiger partial charge in [0.15, 0.2) is 0 Å². The average Bonchev–Trinajstić information content (AvgIpc) is 3.45. The van der Waals surface area contributed by atoms with Crippen LogP contribution in [0.25, 0.3) is 11.3 Å². The maximum atomic E-state index is 13.0. The predicted molar refractivity (Wildman–Crippen MR) is 132 cm³/mol. The van der Waals surface area contributed by atoms with Gasteiger partial charge < -0.3 is 4.42 Å². The Hall–Kier alpha value is -3.34. The molecule has 1 unspecified atom stereocenters. The van der Waals surface area contributed by atoms with Crippen molar-refractivity contribution in [2.45, 2.75) is 11.8 Å². The van der Waals surface area contributed by atoms with Crippen LogP contribution < -0.4 is 5.43 Å². The van der Waals surface area contributed by atoms with E-state index >= 15 is 0 Å². The van der Waals surface area contributed by atoms with E-state index in [4.69, 9.17) is 27.6 Å². The molecule has 0 aliphatic heterocycles. The maximum absolute atomic E-state index is 13.0. The van der Waals surface area contributed by atoms with Gasteiger partial charge in [-0.05, 0) is 47.9 Å². The lowest BCUT2D eigenvalue weighted by Crippen LogP contribution is -2.25. The quantitative estimate of drug-likeness (QED) is 0.249. The second kappa shape index (κ2) is 8.89. The van der Waals surface area contributed by atoms with Gasteiger partial charge in [-0.3, -0.25) is 4.79 Å². The summed E-state index contributed by atoms with van der Waals surface area (Å²) in [5.41, 5.74) is 5.31. The molecule has 1 atom stereocenters. The third-order valence-electron chi connectivity index (χ3n) is 6.04. The highest BCUT2D eigenvalue weighted by Gasteiger charge is 2.60. The lowest BCUT2D eigenvalue weighted by Gasteiger charge is -2.18. The Morgan fingerprint density at radius 3 is 2.27 bits per heavy atom. The summed E-state index contributed by atoms with van der Waals surface area (Å²) >= 11 is 12.3. The van der Waals surface area contributed by atoms with Crippen LogP contribution in [0.4, 0.5) is 0 Å². The third kappa shape index (κ3) is 4.20. The van der Waals surface area contributed by atoms with Crippen LogP contribution >= 0.6 is 23.2 Å². The molecule has 1 aromatic heterocycles. The Bertz CT molecular complexity index is 1280. The smallest absolute Gasteiger partial charge is 0.244 e. The average molecular weight is 475 g/mol. The van der Waals surface area contributed by atoms with Crippen molar-refractivity contribution in [2.75, 3.05) is 0 Å². The Morgan fingerprint density at radius 1 is 0.939 bits per heavy atom. The highest BCUT2D eigenvalue weighted by Crippen LogP contribution is 2.58. The first-order valence-electron chi connectivity index (χ1n) is 10.6. The lowest BCUT2D eigenvalue weighted by atomic mass is 9.85. The van der Waals surface area contributed by atoms with Crippen LogP contribution in [0, 0.1) is 5.92 Å². The first-order chi connectivity index (χ1) is 16.1. The van der Waals surface area contributed by atoms with Crippen molar-refractivity contribution >= 4 is 35.3 Å². The van der Waals surface area contributed by atoms with Gasteiger partial charge in [0.1, 0.15) is 11.5 Å². The second-order valence-corrected chi connectivity index (χ2v) is 8.86. The summed E-state index contributed by atoms with van der Waals surface area (Å²) in [5, 5.41) is 5.23. The largest absolute Gasteiger partial charge is 0.455 e. The van der Waals surface area contributed by atoms with Crippen LogP contribution in [-0.4, -0.2) is 12.1 Å². The molecule has 0 saturated heterocycles. The molecule has 5 rings (SSSR count). The molecule has 1 aliphatic rings. The fourth-order valence-electron chi connectivity index (χ4n) is 4.35. The number of halogens is 2. The van der Waals surface area contributed by atoms with E-state index in [0.29, 0.717) is 27.1 Å². The predicted octanol–water partition coefficient (Wildman–Crippen LogP) is 6.71. The van der Waals surface area contributed by atoms with E-state index in [-0.39, 0.29) is 17.2 Å². The zero-order valence-electron chi connectivity index (χ0n) is 17.5. The SMILES string of the molecule is O=C(N/N=C/c1ccc(-c2cc(Cl)ccc2Cl)o1)C1CC1(c1ccccc1)c1ccccc1. The molecule has 0 spiro atoms. The summed E-state index contributed by atoms with van der Waals surface area (Å²) in [6.45, 7) is 0. The van der Waals surface area contributed by atoms with Gasteiger partial charge in [0.25, 0.3) is 0 Å². The minimum atomic E-state index is -0.330. The molecule has 0 radical (unpaired) electrons. The molecular formula is C27H20Cl2N2O2. The highest BCUT2D eigenvalue weighted by atomic mass is 35.5. The maximum Gasteiger partial charge on any atom is 0.244 e. The highest BCUT2D eigenvalue weighted by molar-refractivity contribution is 6.35. The van der Waals surface area contributed by atoms with Crippen LogP contribution in [0.15, 0.2) is 101 Å². The molecule has 1 amide bonds. The summed E-state index contributed by atoms with van der Waals surface area (Å²) in [5.74, 6) is 0.750. The number of rotatable bonds is 6. The summed E-state index contributed by atoms with van der Waals surface area (Å²) in [7, 11) is 0. The molecule has 6 heteroatoms. The van der Waals surface area contributed by atoms with Crippen LogP contribution in [-0.2, 0) is 10.2 Å². The molecule has 1 heterocycles. The van der Waals surface area contributed by atoms with Gasteiger partial charge >= 0.3 is 0 Å². The van der Waals surface area contributed by atoms with Gasteiger partial charge in [0.2, 0.25) is 5.91 Å². The molecule has 1 aliphatic carbocycles. The number of carbonyl (C=O) groups is 1. The molecule has 4 nitrogen and oxygen atoms in total. The van der Waals surface area contributed by atoms with Crippen molar-refractivity contribution in [2.24, 2.45) is 11.0 Å². The molecule has 164 valence electrons. The van der Waals surface area contributed by atoms with Crippen molar-refractivity contribution in [1.82, 2.24) is 5.43 Å². The van der Waals surface area contributed by atoms with Gasteiger partial charge in [-0.15, -0.1) is 0 Å². The molecule has 3 aromatic carbocycles. The molecule has 0 bridgehead atoms. The van der Waals surface area contributed by atoms with E-state index < -0.39 is 0 Å². The molecule has 33 heavy (non-hydrogen) atoms. The summed E-state index contributed by atoms with van der Waals surface area (Å²) in [6, 6.07) is 29.0. The Balaban J connectivity index is 1.31. The Morgan fingerprint density at radius 2 is 1.61 bits per heavy atom. The molecular weight excluding hydrogens is 455 g/mol. The normalized spacial score (nSPS) is 16.6. The van der Waals surface area contributed by atoms with Gasteiger partial charge in [-0.25, -0.2) is 5.43 Å². The molecule has 1 N–H and O–H groups in total. The zero-order valence-corrected chi connectivity index (χ0v) is 19.1.